The van der Waals surface area contributed by atoms with Crippen molar-refractivity contribution >= 4 is 17.5 Å². The van der Waals surface area contributed by atoms with Gasteiger partial charge in [0, 0.05) is 34.9 Å². The predicted octanol–water partition coefficient (Wildman–Crippen LogP) is 4.46. The molecule has 1 aromatic rings. The van der Waals surface area contributed by atoms with Crippen LogP contribution in [0, 0.1) is 11.3 Å². The molecular formula is C23H29NO4. The van der Waals surface area contributed by atoms with Gasteiger partial charge in [0.05, 0.1) is 13.2 Å². The zero-order chi connectivity index (χ0) is 20.6. The Kier molecular flexibility index (Phi) is 5.46. The average Bonchev–Trinajstić information content (AvgIpc) is 2.59. The van der Waals surface area contributed by atoms with Crippen molar-refractivity contribution < 1.29 is 19.1 Å². The Bertz CT molecular complexity index is 863. The van der Waals surface area contributed by atoms with Crippen LogP contribution >= 0.6 is 0 Å². The molecule has 1 unspecified atom stereocenters. The van der Waals surface area contributed by atoms with E-state index in [4.69, 9.17) is 14.5 Å². The number of esters is 1. The number of carbonyl (C=O) groups excluding carboxylic acids is 2. The maximum Gasteiger partial charge on any atom is 0.315 e. The van der Waals surface area contributed by atoms with E-state index in [1.54, 1.807) is 0 Å². The Morgan fingerprint density at radius 2 is 1.89 bits per heavy atom. The summed E-state index contributed by atoms with van der Waals surface area (Å²) >= 11 is 0. The van der Waals surface area contributed by atoms with Crippen LogP contribution in [0.1, 0.15) is 58.9 Å². The second-order valence-electron chi connectivity index (χ2n) is 8.74. The number of benzene rings is 1. The summed E-state index contributed by atoms with van der Waals surface area (Å²) in [4.78, 5) is 30.6. The van der Waals surface area contributed by atoms with Crippen LogP contribution in [0.4, 0.5) is 0 Å². The van der Waals surface area contributed by atoms with Gasteiger partial charge in [0.1, 0.15) is 11.7 Å². The van der Waals surface area contributed by atoms with Gasteiger partial charge in [0.15, 0.2) is 5.78 Å². The molecule has 1 aliphatic carbocycles. The fourth-order valence-electron chi connectivity index (χ4n) is 4.31. The van der Waals surface area contributed by atoms with Gasteiger partial charge in [-0.2, -0.15) is 0 Å². The first-order chi connectivity index (χ1) is 13.1. The molecule has 0 fully saturated rings. The van der Waals surface area contributed by atoms with Crippen molar-refractivity contribution in [3.05, 3.63) is 41.1 Å². The summed E-state index contributed by atoms with van der Waals surface area (Å²) < 4.78 is 11.1. The number of Topliss-reactive ketones (excluding diaryl/α,β-unsaturated/α-hetero) is 1. The van der Waals surface area contributed by atoms with Gasteiger partial charge in [0.25, 0.3) is 0 Å². The maximum absolute atomic E-state index is 13.2. The summed E-state index contributed by atoms with van der Waals surface area (Å²) in [5.74, 6) is -0.713. The fraction of sp³-hybridized carbons (Fsp3) is 0.522. The predicted molar refractivity (Wildman–Crippen MR) is 109 cm³/mol. The zero-order valence-electron chi connectivity index (χ0n) is 17.5. The Hall–Kier alpha value is -2.43. The summed E-state index contributed by atoms with van der Waals surface area (Å²) in [7, 11) is 1.37. The van der Waals surface area contributed by atoms with E-state index in [2.05, 4.69) is 13.8 Å². The molecule has 0 amide bonds. The first-order valence-electron chi connectivity index (χ1n) is 9.79. The Morgan fingerprint density at radius 3 is 2.54 bits per heavy atom. The second-order valence-corrected chi connectivity index (χ2v) is 8.74. The number of nitrogens with zero attached hydrogens (tertiary/aromatic N) is 1. The molecule has 1 heterocycles. The Morgan fingerprint density at radius 1 is 1.21 bits per heavy atom. The monoisotopic (exact) mass is 383 g/mol. The van der Waals surface area contributed by atoms with Gasteiger partial charge < -0.3 is 9.47 Å². The SMILES string of the molecule is COC(=O)C1C(C)=NC2=C(C(=O)CC(C)(C)C2)[C@H]1c1ccccc1OC(C)C. The van der Waals surface area contributed by atoms with Crippen molar-refractivity contribution in [1.29, 1.82) is 0 Å². The lowest BCUT2D eigenvalue weighted by atomic mass is 9.66. The lowest BCUT2D eigenvalue weighted by Gasteiger charge is -2.39. The summed E-state index contributed by atoms with van der Waals surface area (Å²) in [6.45, 7) is 9.92. The first kappa shape index (κ1) is 20.3. The molecule has 150 valence electrons. The van der Waals surface area contributed by atoms with E-state index in [1.807, 2.05) is 45.0 Å². The van der Waals surface area contributed by atoms with Gasteiger partial charge in [-0.15, -0.1) is 0 Å². The lowest BCUT2D eigenvalue weighted by Crippen LogP contribution is -2.39. The number of ketones is 1. The number of ether oxygens (including phenoxy) is 2. The van der Waals surface area contributed by atoms with Crippen molar-refractivity contribution in [2.75, 3.05) is 7.11 Å². The minimum Gasteiger partial charge on any atom is -0.491 e. The van der Waals surface area contributed by atoms with Gasteiger partial charge in [-0.1, -0.05) is 32.0 Å². The van der Waals surface area contributed by atoms with Crippen LogP contribution in [-0.4, -0.2) is 30.7 Å². The highest BCUT2D eigenvalue weighted by atomic mass is 16.5. The topological polar surface area (TPSA) is 65.0 Å². The van der Waals surface area contributed by atoms with Crippen molar-refractivity contribution in [2.45, 2.75) is 59.5 Å². The van der Waals surface area contributed by atoms with Crippen LogP contribution in [0.3, 0.4) is 0 Å². The van der Waals surface area contributed by atoms with Crippen molar-refractivity contribution in [1.82, 2.24) is 0 Å². The highest BCUT2D eigenvalue weighted by molar-refractivity contribution is 6.09. The summed E-state index contributed by atoms with van der Waals surface area (Å²) in [5, 5.41) is 0. The normalized spacial score (nSPS) is 24.0. The largest absolute Gasteiger partial charge is 0.491 e. The van der Waals surface area contributed by atoms with Crippen LogP contribution in [0.2, 0.25) is 0 Å². The zero-order valence-corrected chi connectivity index (χ0v) is 17.5. The van der Waals surface area contributed by atoms with Gasteiger partial charge in [-0.25, -0.2) is 0 Å². The fourth-order valence-corrected chi connectivity index (χ4v) is 4.31. The van der Waals surface area contributed by atoms with Crippen molar-refractivity contribution in [3.8, 4) is 5.75 Å². The smallest absolute Gasteiger partial charge is 0.315 e. The van der Waals surface area contributed by atoms with Gasteiger partial charge in [-0.05, 0) is 38.7 Å². The molecule has 2 aliphatic rings. The number of allylic oxidation sites excluding steroid dienone is 2. The first-order valence-corrected chi connectivity index (χ1v) is 9.79. The van der Waals surface area contributed by atoms with E-state index >= 15 is 0 Å². The summed E-state index contributed by atoms with van der Waals surface area (Å²) in [6.07, 6.45) is 1.13. The molecule has 0 saturated heterocycles. The molecule has 0 aromatic heterocycles. The number of hydrogen-bond donors (Lipinski definition) is 0. The van der Waals surface area contributed by atoms with Crippen LogP contribution < -0.4 is 4.74 Å². The third kappa shape index (κ3) is 3.75. The van der Waals surface area contributed by atoms with Crippen LogP contribution in [0.15, 0.2) is 40.5 Å². The Labute approximate surface area is 166 Å². The molecule has 0 bridgehead atoms. The highest BCUT2D eigenvalue weighted by Crippen LogP contribution is 2.49. The third-order valence-corrected chi connectivity index (χ3v) is 5.37. The minimum absolute atomic E-state index is 0.0227. The van der Waals surface area contributed by atoms with Crippen LogP contribution in [0.25, 0.3) is 0 Å². The number of hydrogen-bond acceptors (Lipinski definition) is 5. The summed E-state index contributed by atoms with van der Waals surface area (Å²) in [5.41, 5.74) is 2.81. The van der Waals surface area contributed by atoms with E-state index in [-0.39, 0.29) is 23.3 Å². The second kappa shape index (κ2) is 7.53. The molecule has 2 atom stereocenters. The number of carbonyl (C=O) groups is 2. The number of rotatable bonds is 4. The minimum atomic E-state index is -0.633. The van der Waals surface area contributed by atoms with E-state index in [9.17, 15) is 9.59 Å². The van der Waals surface area contributed by atoms with Crippen LogP contribution in [-0.2, 0) is 14.3 Å². The average molecular weight is 383 g/mol. The van der Waals surface area contributed by atoms with E-state index in [0.717, 1.165) is 11.3 Å². The molecule has 3 rings (SSSR count). The van der Waals surface area contributed by atoms with E-state index in [0.29, 0.717) is 29.9 Å². The molecule has 0 spiro atoms. The third-order valence-electron chi connectivity index (χ3n) is 5.37. The standard InChI is InChI=1S/C23H29NO4/c1-13(2)28-18-10-8-7-9-15(18)20-19(22(26)27-6)14(3)24-16-11-23(4,5)12-17(25)21(16)20/h7-10,13,19-20H,11-12H2,1-6H3/t19?,20-/m0/s1. The van der Waals surface area contributed by atoms with Gasteiger partial charge in [0.2, 0.25) is 0 Å². The highest BCUT2D eigenvalue weighted by Gasteiger charge is 2.46. The van der Waals surface area contributed by atoms with Crippen LogP contribution in [0.5, 0.6) is 5.75 Å². The van der Waals surface area contributed by atoms with Crippen molar-refractivity contribution in [2.24, 2.45) is 16.3 Å². The number of methoxy groups -OCH3 is 1. The Balaban J connectivity index is 2.22. The molecule has 5 heteroatoms. The molecule has 0 radical (unpaired) electrons. The maximum atomic E-state index is 13.2. The molecule has 5 nitrogen and oxygen atoms in total. The quantitative estimate of drug-likeness (QED) is 0.720. The molecule has 0 saturated carbocycles. The number of para-hydroxylation sites is 1. The lowest BCUT2D eigenvalue weighted by molar-refractivity contribution is -0.143. The molecule has 1 aliphatic heterocycles. The molecule has 28 heavy (non-hydrogen) atoms. The van der Waals surface area contributed by atoms with E-state index in [1.165, 1.54) is 7.11 Å². The molecular weight excluding hydrogens is 354 g/mol. The van der Waals surface area contributed by atoms with Gasteiger partial charge in [-0.3, -0.25) is 14.6 Å². The van der Waals surface area contributed by atoms with Gasteiger partial charge >= 0.3 is 5.97 Å². The molecule has 1 aromatic carbocycles. The number of aliphatic imine (C=N–C) groups is 1. The van der Waals surface area contributed by atoms with Crippen molar-refractivity contribution in [3.63, 3.8) is 0 Å². The summed E-state index contributed by atoms with van der Waals surface area (Å²) in [6, 6.07) is 7.64. The van der Waals surface area contributed by atoms with E-state index < -0.39 is 11.8 Å². The molecule has 0 N–H and O–H groups in total.